The van der Waals surface area contributed by atoms with Crippen molar-refractivity contribution in [1.82, 2.24) is 0 Å². The number of aryl methyl sites for hydroxylation is 2. The normalized spacial score (nSPS) is 10.6. The Kier molecular flexibility index (Phi) is 8.51. The van der Waals surface area contributed by atoms with Crippen LogP contribution in [0.1, 0.15) is 16.7 Å². The van der Waals surface area contributed by atoms with Gasteiger partial charge in [-0.2, -0.15) is 0 Å². The quantitative estimate of drug-likeness (QED) is 0.251. The van der Waals surface area contributed by atoms with Crippen LogP contribution in [0.2, 0.25) is 0 Å². The van der Waals surface area contributed by atoms with E-state index in [1.165, 1.54) is 6.07 Å². The summed E-state index contributed by atoms with van der Waals surface area (Å²) in [5, 5.41) is 9.81. The van der Waals surface area contributed by atoms with Crippen LogP contribution in [-0.4, -0.2) is 11.3 Å². The van der Waals surface area contributed by atoms with E-state index in [4.69, 9.17) is 17.0 Å². The Morgan fingerprint density at radius 3 is 1.84 bits per heavy atom. The Morgan fingerprint density at radius 1 is 0.920 bits per heavy atom. The minimum atomic E-state index is -2.25. The maximum atomic E-state index is 13.5. The second-order valence-electron chi connectivity index (χ2n) is 4.77. The van der Waals surface area contributed by atoms with Crippen molar-refractivity contribution in [3.63, 3.8) is 0 Å². The van der Waals surface area contributed by atoms with Crippen LogP contribution >= 0.6 is 17.0 Å². The predicted octanol–water partition coefficient (Wildman–Crippen LogP) is 5.83. The summed E-state index contributed by atoms with van der Waals surface area (Å²) >= 11 is -0.826. The molecule has 1 N–H and O–H groups in total. The topological polar surface area (TPSA) is 32.6 Å². The van der Waals surface area contributed by atoms with E-state index in [-0.39, 0.29) is 11.3 Å². The molecule has 0 fully saturated rings. The van der Waals surface area contributed by atoms with Gasteiger partial charge in [0.05, 0.1) is 0 Å². The number of nitrogens with zero attached hydrogens (tertiary/aromatic N) is 1. The summed E-state index contributed by atoms with van der Waals surface area (Å²) in [5.41, 5.74) is 0.00410. The van der Waals surface area contributed by atoms with Crippen molar-refractivity contribution in [2.24, 2.45) is 4.99 Å². The van der Waals surface area contributed by atoms with Crippen molar-refractivity contribution < 1.29 is 47.9 Å². The van der Waals surface area contributed by atoms with Gasteiger partial charge in [-0.1, -0.05) is 6.07 Å². The van der Waals surface area contributed by atoms with E-state index in [9.17, 15) is 27.1 Å². The van der Waals surface area contributed by atoms with Crippen molar-refractivity contribution >= 4 is 28.9 Å². The molecule has 0 saturated carbocycles. The van der Waals surface area contributed by atoms with Crippen molar-refractivity contribution in [1.29, 1.82) is 0 Å². The fourth-order valence-corrected chi connectivity index (χ4v) is 1.93. The second-order valence-corrected chi connectivity index (χ2v) is 8.50. The molecule has 25 heavy (non-hydrogen) atoms. The molecule has 0 saturated heterocycles. The zero-order valence-corrected chi connectivity index (χ0v) is 16.7. The van der Waals surface area contributed by atoms with Gasteiger partial charge in [0.15, 0.2) is 23.3 Å². The maximum absolute atomic E-state index is 13.5. The number of hydrogen-bond donors (Lipinski definition) is 1. The molecule has 0 unspecified atom stereocenters. The number of phenols is 1. The SMILES string of the molecule is Cc1cc(C)c(O)c(C=Nc2c(F)c(F)c(F)c(F)c2F)c1.[Cl][Zr][Cl]. The first-order valence-corrected chi connectivity index (χ1v) is 12.8. The van der Waals surface area contributed by atoms with E-state index in [2.05, 4.69) is 4.99 Å². The van der Waals surface area contributed by atoms with Gasteiger partial charge in [-0.3, -0.25) is 0 Å². The molecule has 2 nitrogen and oxygen atoms in total. The molecular formula is C15H10Cl2F5NOZr. The van der Waals surface area contributed by atoms with Crippen LogP contribution in [0.5, 0.6) is 5.75 Å². The molecule has 0 heterocycles. The first-order chi connectivity index (χ1) is 11.6. The van der Waals surface area contributed by atoms with E-state index in [0.717, 1.165) is 11.8 Å². The molecule has 0 spiro atoms. The molecule has 0 bridgehead atoms. The van der Waals surface area contributed by atoms with Crippen LogP contribution in [0.4, 0.5) is 27.6 Å². The van der Waals surface area contributed by atoms with Gasteiger partial charge in [-0.25, -0.2) is 26.9 Å². The summed E-state index contributed by atoms with van der Waals surface area (Å²) in [6.07, 6.45) is 0.841. The molecule has 10 heteroatoms. The molecule has 0 aromatic heterocycles. The number of aliphatic imine (C=N–C) groups is 1. The predicted molar refractivity (Wildman–Crippen MR) is 82.8 cm³/mol. The first-order valence-electron chi connectivity index (χ1n) is 6.47. The molecule has 0 aliphatic rings. The summed E-state index contributed by atoms with van der Waals surface area (Å²) < 4.78 is 65.9. The van der Waals surface area contributed by atoms with E-state index < -0.39 is 55.6 Å². The Hall–Kier alpha value is -0.977. The molecular weight excluding hydrogens is 467 g/mol. The van der Waals surface area contributed by atoms with Gasteiger partial charge < -0.3 is 5.11 Å². The third-order valence-corrected chi connectivity index (χ3v) is 2.99. The van der Waals surface area contributed by atoms with Gasteiger partial charge in [0, 0.05) is 11.8 Å². The van der Waals surface area contributed by atoms with E-state index in [0.29, 0.717) is 5.56 Å². The molecule has 2 aromatic rings. The first kappa shape index (κ1) is 22.1. The van der Waals surface area contributed by atoms with Crippen LogP contribution in [0, 0.1) is 42.9 Å². The Labute approximate surface area is 159 Å². The van der Waals surface area contributed by atoms with Gasteiger partial charge in [0.2, 0.25) is 5.82 Å². The Morgan fingerprint density at radius 2 is 1.36 bits per heavy atom. The van der Waals surface area contributed by atoms with Crippen LogP contribution < -0.4 is 0 Å². The van der Waals surface area contributed by atoms with Gasteiger partial charge in [-0.05, 0) is 31.0 Å². The third-order valence-electron chi connectivity index (χ3n) is 2.99. The summed E-state index contributed by atoms with van der Waals surface area (Å²) in [6, 6.07) is 3.11. The summed E-state index contributed by atoms with van der Waals surface area (Å²) in [5.74, 6) is -10.7. The van der Waals surface area contributed by atoms with Crippen molar-refractivity contribution in [3.05, 3.63) is 57.9 Å². The standard InChI is InChI=1S/C15H10F5NO.2ClH.Zr/c1-6-3-7(2)15(22)8(4-6)5-21-14-12(19)10(17)9(16)11(18)13(14)20;;;/h3-5,22H,1-2H3;2*1H;/q;;;+2/p-2. The summed E-state index contributed by atoms with van der Waals surface area (Å²) in [4.78, 5) is 3.30. The van der Waals surface area contributed by atoms with Crippen molar-refractivity contribution in [2.75, 3.05) is 0 Å². The fraction of sp³-hybridized carbons (Fsp3) is 0.133. The van der Waals surface area contributed by atoms with Crippen LogP contribution in [0.15, 0.2) is 17.1 Å². The zero-order chi connectivity index (χ0) is 19.3. The minimum absolute atomic E-state index is 0.0986. The fourth-order valence-electron chi connectivity index (χ4n) is 1.93. The van der Waals surface area contributed by atoms with Crippen molar-refractivity contribution in [3.8, 4) is 5.75 Å². The molecule has 2 aromatic carbocycles. The van der Waals surface area contributed by atoms with E-state index in [1.54, 1.807) is 19.9 Å². The number of rotatable bonds is 2. The van der Waals surface area contributed by atoms with E-state index in [1.807, 2.05) is 0 Å². The van der Waals surface area contributed by atoms with E-state index >= 15 is 0 Å². The molecule has 0 aliphatic heterocycles. The molecule has 0 aliphatic carbocycles. The molecule has 0 radical (unpaired) electrons. The average Bonchev–Trinajstić information content (AvgIpc) is 2.56. The number of phenolic OH excluding ortho intramolecular Hbond substituents is 1. The second kappa shape index (κ2) is 9.65. The summed E-state index contributed by atoms with van der Waals surface area (Å²) in [6.45, 7) is 3.31. The molecule has 2 rings (SSSR count). The Balaban J connectivity index is 0.000000970. The number of hydrogen-bond acceptors (Lipinski definition) is 2. The molecule has 0 amide bonds. The van der Waals surface area contributed by atoms with Crippen molar-refractivity contribution in [2.45, 2.75) is 13.8 Å². The number of benzene rings is 2. The average molecular weight is 477 g/mol. The number of aromatic hydroxyl groups is 1. The van der Waals surface area contributed by atoms with Crippen LogP contribution in [-0.2, 0) is 20.8 Å². The monoisotopic (exact) mass is 475 g/mol. The summed E-state index contributed by atoms with van der Waals surface area (Å²) in [7, 11) is 9.87. The van der Waals surface area contributed by atoms with Gasteiger partial charge in [-0.15, -0.1) is 0 Å². The van der Waals surface area contributed by atoms with Crippen LogP contribution in [0.25, 0.3) is 0 Å². The zero-order valence-electron chi connectivity index (χ0n) is 12.8. The van der Waals surface area contributed by atoms with Gasteiger partial charge in [0.1, 0.15) is 11.4 Å². The number of halogens is 7. The third kappa shape index (κ3) is 5.25. The molecule has 134 valence electrons. The van der Waals surface area contributed by atoms with Gasteiger partial charge in [0.25, 0.3) is 0 Å². The Bertz CT molecular complexity index is 788. The molecule has 0 atom stereocenters. The van der Waals surface area contributed by atoms with Crippen LogP contribution in [0.3, 0.4) is 0 Å². The van der Waals surface area contributed by atoms with Gasteiger partial charge >= 0.3 is 37.9 Å².